The van der Waals surface area contributed by atoms with Crippen LogP contribution in [0.4, 0.5) is 5.13 Å². The van der Waals surface area contributed by atoms with E-state index < -0.39 is 0 Å². The molecule has 4 rings (SSSR count). The van der Waals surface area contributed by atoms with Crippen molar-refractivity contribution in [2.24, 2.45) is 0 Å². The van der Waals surface area contributed by atoms with Gasteiger partial charge in [-0.05, 0) is 69.3 Å². The van der Waals surface area contributed by atoms with E-state index in [4.69, 9.17) is 16.3 Å². The summed E-state index contributed by atoms with van der Waals surface area (Å²) in [6.07, 6.45) is 2.97. The summed E-state index contributed by atoms with van der Waals surface area (Å²) in [5, 5.41) is 6.79. The number of aromatic nitrogens is 1. The van der Waals surface area contributed by atoms with E-state index in [1.165, 1.54) is 12.0 Å². The molecule has 7 nitrogen and oxygen atoms in total. The van der Waals surface area contributed by atoms with Crippen LogP contribution in [0.25, 0.3) is 0 Å². The number of anilines is 1. The second kappa shape index (κ2) is 10.5. The van der Waals surface area contributed by atoms with E-state index in [-0.39, 0.29) is 18.4 Å². The summed E-state index contributed by atoms with van der Waals surface area (Å²) < 4.78 is 5.12. The molecule has 1 aliphatic carbocycles. The zero-order valence-corrected chi connectivity index (χ0v) is 20.9. The van der Waals surface area contributed by atoms with Crippen molar-refractivity contribution in [2.45, 2.75) is 31.8 Å². The van der Waals surface area contributed by atoms with Gasteiger partial charge in [-0.25, -0.2) is 4.98 Å². The molecule has 34 heavy (non-hydrogen) atoms. The number of likely N-dealkylation sites (N-methyl/N-ethyl adjacent to an activating group) is 1. The Morgan fingerprint density at radius 3 is 2.71 bits per heavy atom. The first-order valence-corrected chi connectivity index (χ1v) is 12.2. The van der Waals surface area contributed by atoms with Crippen molar-refractivity contribution in [1.82, 2.24) is 15.2 Å². The molecule has 2 N–H and O–H groups in total. The number of carbonyl (C=O) groups is 2. The van der Waals surface area contributed by atoms with Crippen LogP contribution in [0.15, 0.2) is 42.5 Å². The zero-order chi connectivity index (χ0) is 24.2. The molecule has 0 saturated carbocycles. The maximum atomic E-state index is 12.8. The van der Waals surface area contributed by atoms with Gasteiger partial charge in [0.05, 0.1) is 17.8 Å². The molecular formula is C25H27ClN4O3S. The fourth-order valence-electron chi connectivity index (χ4n) is 3.94. The Kier molecular flexibility index (Phi) is 7.50. The zero-order valence-electron chi connectivity index (χ0n) is 19.4. The summed E-state index contributed by atoms with van der Waals surface area (Å²) in [5.74, 6) is 0.0321. The fourth-order valence-corrected chi connectivity index (χ4v) is 5.27. The lowest BCUT2D eigenvalue weighted by Crippen LogP contribution is -2.32. The second-order valence-corrected chi connectivity index (χ2v) is 9.93. The predicted octanol–water partition coefficient (Wildman–Crippen LogP) is 4.41. The molecule has 0 unspecified atom stereocenters. The number of hydrogen-bond donors (Lipinski definition) is 2. The van der Waals surface area contributed by atoms with Gasteiger partial charge in [-0.3, -0.25) is 14.9 Å². The first-order valence-electron chi connectivity index (χ1n) is 11.0. The van der Waals surface area contributed by atoms with Gasteiger partial charge in [0.1, 0.15) is 5.75 Å². The van der Waals surface area contributed by atoms with Crippen LogP contribution in [0, 0.1) is 0 Å². The number of rotatable bonds is 7. The third-order valence-corrected chi connectivity index (χ3v) is 7.25. The molecule has 1 heterocycles. The highest BCUT2D eigenvalue weighted by molar-refractivity contribution is 7.15. The summed E-state index contributed by atoms with van der Waals surface area (Å²) in [4.78, 5) is 33.5. The topological polar surface area (TPSA) is 83.6 Å². The number of nitrogens with zero attached hydrogens (tertiary/aromatic N) is 2. The third-order valence-electron chi connectivity index (χ3n) is 5.92. The quantitative estimate of drug-likeness (QED) is 0.504. The molecule has 1 atom stereocenters. The number of halogens is 1. The number of hydrogen-bond acceptors (Lipinski definition) is 6. The highest BCUT2D eigenvalue weighted by atomic mass is 35.5. The van der Waals surface area contributed by atoms with Crippen molar-refractivity contribution in [3.8, 4) is 5.75 Å². The van der Waals surface area contributed by atoms with E-state index in [2.05, 4.69) is 34.6 Å². The molecule has 0 saturated heterocycles. The molecule has 0 bridgehead atoms. The van der Waals surface area contributed by atoms with E-state index >= 15 is 0 Å². The van der Waals surface area contributed by atoms with Crippen LogP contribution >= 0.6 is 22.9 Å². The maximum Gasteiger partial charge on any atom is 0.257 e. The van der Waals surface area contributed by atoms with Crippen molar-refractivity contribution in [1.29, 1.82) is 0 Å². The largest absolute Gasteiger partial charge is 0.495 e. The Balaban J connectivity index is 1.37. The van der Waals surface area contributed by atoms with Crippen LogP contribution in [-0.2, 0) is 19.4 Å². The van der Waals surface area contributed by atoms with Crippen molar-refractivity contribution in [3.63, 3.8) is 0 Å². The van der Waals surface area contributed by atoms with Gasteiger partial charge in [0.25, 0.3) is 11.8 Å². The molecule has 0 radical (unpaired) electrons. The van der Waals surface area contributed by atoms with Gasteiger partial charge in [-0.1, -0.05) is 23.7 Å². The molecule has 0 fully saturated rings. The van der Waals surface area contributed by atoms with Crippen LogP contribution in [0.2, 0.25) is 5.02 Å². The average Bonchev–Trinajstić information content (AvgIpc) is 3.24. The van der Waals surface area contributed by atoms with Crippen LogP contribution in [-0.4, -0.2) is 48.9 Å². The summed E-state index contributed by atoms with van der Waals surface area (Å²) in [7, 11) is 5.72. The Bertz CT molecular complexity index is 1210. The van der Waals surface area contributed by atoms with Crippen LogP contribution in [0.3, 0.4) is 0 Å². The number of ether oxygens (including phenoxy) is 1. The summed E-state index contributed by atoms with van der Waals surface area (Å²) in [6.45, 7) is 0.279. The van der Waals surface area contributed by atoms with E-state index in [1.54, 1.807) is 47.7 Å². The molecule has 1 aromatic heterocycles. The number of amides is 2. The second-order valence-electron chi connectivity index (χ2n) is 8.44. The minimum atomic E-state index is -0.260. The van der Waals surface area contributed by atoms with Crippen LogP contribution in [0.5, 0.6) is 5.75 Å². The Hall–Kier alpha value is -2.94. The van der Waals surface area contributed by atoms with Gasteiger partial charge in [-0.15, -0.1) is 11.3 Å². The fraction of sp³-hybridized carbons (Fsp3) is 0.320. The van der Waals surface area contributed by atoms with Gasteiger partial charge in [0.2, 0.25) is 0 Å². The van der Waals surface area contributed by atoms with Gasteiger partial charge in [0.15, 0.2) is 5.13 Å². The highest BCUT2D eigenvalue weighted by Gasteiger charge is 2.24. The Labute approximate surface area is 208 Å². The van der Waals surface area contributed by atoms with Gasteiger partial charge in [0, 0.05) is 28.6 Å². The standard InChI is InChI=1S/C25H27ClN4O3S/c1-30(2)18-8-9-20-22(13-18)34-25(28-20)29-24(32)16-6-4-5-15(11-16)14-27-23(31)17-7-10-21(33-3)19(26)12-17/h4-7,10-12,18H,8-9,13-14H2,1-3H3,(H,27,31)(H,28,29,32)/t18-/m1/s1. The summed E-state index contributed by atoms with van der Waals surface area (Å²) in [6, 6.07) is 12.6. The van der Waals surface area contributed by atoms with Crippen molar-refractivity contribution in [3.05, 3.63) is 74.7 Å². The van der Waals surface area contributed by atoms with Crippen molar-refractivity contribution in [2.75, 3.05) is 26.5 Å². The van der Waals surface area contributed by atoms with Gasteiger partial charge < -0.3 is 15.0 Å². The molecule has 9 heteroatoms. The number of carbonyl (C=O) groups excluding carboxylic acids is 2. The van der Waals surface area contributed by atoms with Crippen LogP contribution in [0.1, 0.15) is 43.3 Å². The van der Waals surface area contributed by atoms with Crippen molar-refractivity contribution >= 4 is 39.9 Å². The number of thiazole rings is 1. The average molecular weight is 499 g/mol. The van der Waals surface area contributed by atoms with E-state index in [9.17, 15) is 9.59 Å². The van der Waals surface area contributed by atoms with Gasteiger partial charge in [-0.2, -0.15) is 0 Å². The number of benzene rings is 2. The van der Waals surface area contributed by atoms with E-state index in [0.717, 1.165) is 30.5 Å². The summed E-state index contributed by atoms with van der Waals surface area (Å²) in [5.41, 5.74) is 2.85. The smallest absolute Gasteiger partial charge is 0.257 e. The molecule has 0 spiro atoms. The molecule has 1 aliphatic rings. The normalized spacial score (nSPS) is 15.0. The first kappa shape index (κ1) is 24.2. The number of methoxy groups -OCH3 is 1. The predicted molar refractivity (Wildman–Crippen MR) is 135 cm³/mol. The highest BCUT2D eigenvalue weighted by Crippen LogP contribution is 2.31. The minimum absolute atomic E-state index is 0.217. The minimum Gasteiger partial charge on any atom is -0.495 e. The lowest BCUT2D eigenvalue weighted by Gasteiger charge is -2.27. The Morgan fingerprint density at radius 2 is 1.97 bits per heavy atom. The molecular weight excluding hydrogens is 472 g/mol. The molecule has 178 valence electrons. The van der Waals surface area contributed by atoms with Gasteiger partial charge >= 0.3 is 0 Å². The molecule has 2 aromatic carbocycles. The molecule has 2 amide bonds. The first-order chi connectivity index (χ1) is 16.3. The monoisotopic (exact) mass is 498 g/mol. The van der Waals surface area contributed by atoms with Crippen molar-refractivity contribution < 1.29 is 14.3 Å². The van der Waals surface area contributed by atoms with E-state index in [0.29, 0.717) is 33.1 Å². The summed E-state index contributed by atoms with van der Waals surface area (Å²) >= 11 is 7.66. The lowest BCUT2D eigenvalue weighted by molar-refractivity contribution is 0.0950. The molecule has 0 aliphatic heterocycles. The maximum absolute atomic E-state index is 12.8. The number of fused-ring (bicyclic) bond motifs is 1. The van der Waals surface area contributed by atoms with Crippen LogP contribution < -0.4 is 15.4 Å². The lowest BCUT2D eigenvalue weighted by atomic mass is 9.97. The Morgan fingerprint density at radius 1 is 1.18 bits per heavy atom. The SMILES string of the molecule is COc1ccc(C(=O)NCc2cccc(C(=O)Nc3nc4c(s3)C[C@H](N(C)C)CC4)c2)cc1Cl. The third kappa shape index (κ3) is 5.58. The van der Waals surface area contributed by atoms with E-state index in [1.807, 2.05) is 6.07 Å². The number of aryl methyl sites for hydroxylation is 1. The number of nitrogens with one attached hydrogen (secondary N) is 2. The molecule has 3 aromatic rings.